The first-order valence-electron chi connectivity index (χ1n) is 9.97. The maximum absolute atomic E-state index is 12.7. The lowest BCUT2D eigenvalue weighted by atomic mass is 9.88. The van der Waals surface area contributed by atoms with Crippen molar-refractivity contribution in [3.05, 3.63) is 71.8 Å². The first-order valence-corrected chi connectivity index (χ1v) is 10.3. The van der Waals surface area contributed by atoms with Crippen molar-refractivity contribution in [2.24, 2.45) is 0 Å². The van der Waals surface area contributed by atoms with Gasteiger partial charge in [-0.2, -0.15) is 10.2 Å². The summed E-state index contributed by atoms with van der Waals surface area (Å²) in [6.07, 6.45) is 5.89. The zero-order chi connectivity index (χ0) is 21.6. The summed E-state index contributed by atoms with van der Waals surface area (Å²) in [5, 5.41) is 14.5. The number of methoxy groups -OCH3 is 1. The van der Waals surface area contributed by atoms with Crippen LogP contribution in [-0.2, 0) is 0 Å². The van der Waals surface area contributed by atoms with Crippen molar-refractivity contribution in [2.45, 2.75) is 18.4 Å². The molecule has 2 amide bonds. The molecule has 1 fully saturated rings. The Morgan fingerprint density at radius 2 is 1.97 bits per heavy atom. The number of urea groups is 1. The number of ether oxygens (including phenoxy) is 1. The normalized spacial score (nSPS) is 18.3. The summed E-state index contributed by atoms with van der Waals surface area (Å²) in [5.74, 6) is 0.684. The molecule has 0 aliphatic carbocycles. The lowest BCUT2D eigenvalue weighted by Crippen LogP contribution is -2.51. The van der Waals surface area contributed by atoms with E-state index < -0.39 is 0 Å². The number of aromatic nitrogens is 3. The average molecular weight is 439 g/mol. The third-order valence-electron chi connectivity index (χ3n) is 5.34. The van der Waals surface area contributed by atoms with Gasteiger partial charge in [0.05, 0.1) is 31.4 Å². The SMILES string of the molecule is COc1ccc(C2CN(c3ccnnc3)CCC2NC(=O)Nc2ccc(Cl)cc2)nc1. The quantitative estimate of drug-likeness (QED) is 0.630. The molecule has 3 aromatic rings. The Labute approximate surface area is 185 Å². The molecule has 3 heterocycles. The van der Waals surface area contributed by atoms with Gasteiger partial charge in [-0.25, -0.2) is 4.79 Å². The van der Waals surface area contributed by atoms with Crippen molar-refractivity contribution in [3.63, 3.8) is 0 Å². The van der Waals surface area contributed by atoms with Crippen LogP contribution in [0.4, 0.5) is 16.2 Å². The molecule has 2 unspecified atom stereocenters. The number of amides is 2. The molecule has 0 radical (unpaired) electrons. The van der Waals surface area contributed by atoms with Crippen LogP contribution in [0.15, 0.2) is 61.1 Å². The van der Waals surface area contributed by atoms with Crippen molar-refractivity contribution in [3.8, 4) is 5.75 Å². The lowest BCUT2D eigenvalue weighted by Gasteiger charge is -2.39. The van der Waals surface area contributed by atoms with Gasteiger partial charge >= 0.3 is 6.03 Å². The fourth-order valence-corrected chi connectivity index (χ4v) is 3.86. The van der Waals surface area contributed by atoms with E-state index in [0.29, 0.717) is 23.0 Å². The molecule has 0 saturated carbocycles. The first-order chi connectivity index (χ1) is 15.1. The Kier molecular flexibility index (Phi) is 6.47. The predicted octanol–water partition coefficient (Wildman–Crippen LogP) is 3.72. The Bertz CT molecular complexity index is 1000. The zero-order valence-electron chi connectivity index (χ0n) is 17.0. The molecule has 2 N–H and O–H groups in total. The Morgan fingerprint density at radius 1 is 1.13 bits per heavy atom. The second kappa shape index (κ2) is 9.61. The Hall–Kier alpha value is -3.39. The number of carbonyl (C=O) groups excluding carboxylic acids is 1. The van der Waals surface area contributed by atoms with Gasteiger partial charge in [0, 0.05) is 41.5 Å². The van der Waals surface area contributed by atoms with Gasteiger partial charge in [0.25, 0.3) is 0 Å². The van der Waals surface area contributed by atoms with Crippen LogP contribution in [0.25, 0.3) is 0 Å². The summed E-state index contributed by atoms with van der Waals surface area (Å²) >= 11 is 5.92. The molecule has 160 valence electrons. The second-order valence-corrected chi connectivity index (χ2v) is 7.71. The van der Waals surface area contributed by atoms with Crippen LogP contribution in [0, 0.1) is 0 Å². The van der Waals surface area contributed by atoms with Crippen LogP contribution in [0.5, 0.6) is 5.75 Å². The number of halogens is 1. The molecular weight excluding hydrogens is 416 g/mol. The summed E-state index contributed by atoms with van der Waals surface area (Å²) in [6, 6.07) is 12.4. The molecule has 2 aromatic heterocycles. The van der Waals surface area contributed by atoms with Crippen molar-refractivity contribution in [1.29, 1.82) is 0 Å². The number of hydrogen-bond acceptors (Lipinski definition) is 6. The van der Waals surface area contributed by atoms with E-state index in [1.54, 1.807) is 50.0 Å². The third kappa shape index (κ3) is 5.21. The summed E-state index contributed by atoms with van der Waals surface area (Å²) in [4.78, 5) is 19.5. The molecule has 31 heavy (non-hydrogen) atoms. The highest BCUT2D eigenvalue weighted by atomic mass is 35.5. The van der Waals surface area contributed by atoms with Crippen LogP contribution in [0.3, 0.4) is 0 Å². The van der Waals surface area contributed by atoms with Crippen LogP contribution in [-0.4, -0.2) is 47.5 Å². The zero-order valence-corrected chi connectivity index (χ0v) is 17.8. The topological polar surface area (TPSA) is 92.3 Å². The maximum atomic E-state index is 12.7. The highest BCUT2D eigenvalue weighted by Crippen LogP contribution is 2.30. The van der Waals surface area contributed by atoms with Gasteiger partial charge in [-0.15, -0.1) is 0 Å². The fraction of sp³-hybridized carbons (Fsp3) is 0.273. The molecule has 1 aliphatic heterocycles. The van der Waals surface area contributed by atoms with Gasteiger partial charge < -0.3 is 20.3 Å². The van der Waals surface area contributed by atoms with E-state index in [1.165, 1.54) is 0 Å². The second-order valence-electron chi connectivity index (χ2n) is 7.28. The smallest absolute Gasteiger partial charge is 0.319 e. The maximum Gasteiger partial charge on any atom is 0.319 e. The molecule has 4 rings (SSSR count). The van der Waals surface area contributed by atoms with Crippen LogP contribution in [0.1, 0.15) is 18.0 Å². The number of hydrogen-bond donors (Lipinski definition) is 2. The average Bonchev–Trinajstić information content (AvgIpc) is 2.81. The summed E-state index contributed by atoms with van der Waals surface area (Å²) in [7, 11) is 1.61. The number of piperidine rings is 1. The van der Waals surface area contributed by atoms with Crippen LogP contribution in [0.2, 0.25) is 5.02 Å². The van der Waals surface area contributed by atoms with Crippen molar-refractivity contribution < 1.29 is 9.53 Å². The van der Waals surface area contributed by atoms with Gasteiger partial charge in [0.1, 0.15) is 5.75 Å². The number of pyridine rings is 1. The largest absolute Gasteiger partial charge is 0.495 e. The summed E-state index contributed by atoms with van der Waals surface area (Å²) < 4.78 is 5.24. The van der Waals surface area contributed by atoms with Gasteiger partial charge in [0.2, 0.25) is 0 Å². The molecule has 0 spiro atoms. The van der Waals surface area contributed by atoms with Crippen LogP contribution >= 0.6 is 11.6 Å². The monoisotopic (exact) mass is 438 g/mol. The van der Waals surface area contributed by atoms with Gasteiger partial charge in [0.15, 0.2) is 0 Å². The number of nitrogens with zero attached hydrogens (tertiary/aromatic N) is 4. The summed E-state index contributed by atoms with van der Waals surface area (Å²) in [5.41, 5.74) is 2.57. The van der Waals surface area contributed by atoms with E-state index >= 15 is 0 Å². The van der Waals surface area contributed by atoms with E-state index in [1.807, 2.05) is 18.2 Å². The number of carbonyl (C=O) groups is 1. The molecule has 8 nitrogen and oxygen atoms in total. The highest BCUT2D eigenvalue weighted by Gasteiger charge is 2.33. The van der Waals surface area contributed by atoms with Gasteiger partial charge in [-0.3, -0.25) is 4.98 Å². The Morgan fingerprint density at radius 3 is 2.65 bits per heavy atom. The predicted molar refractivity (Wildman–Crippen MR) is 120 cm³/mol. The van der Waals surface area contributed by atoms with Crippen molar-refractivity contribution in [1.82, 2.24) is 20.5 Å². The summed E-state index contributed by atoms with van der Waals surface area (Å²) in [6.45, 7) is 1.47. The number of anilines is 2. The van der Waals surface area contributed by atoms with E-state index in [0.717, 1.165) is 24.3 Å². The van der Waals surface area contributed by atoms with Gasteiger partial charge in [-0.1, -0.05) is 11.6 Å². The number of nitrogens with one attached hydrogen (secondary N) is 2. The standard InChI is InChI=1S/C22H23ClN6O2/c1-31-18-6-7-20(24-13-18)19-14-29(17-8-10-25-26-12-17)11-9-21(19)28-22(30)27-16-4-2-15(23)3-5-16/h2-8,10,12-13,19,21H,9,11,14H2,1H3,(H2,27,28,30). The van der Waals surface area contributed by atoms with Crippen molar-refractivity contribution in [2.75, 3.05) is 30.4 Å². The van der Waals surface area contributed by atoms with E-state index in [2.05, 4.69) is 30.7 Å². The number of rotatable bonds is 5. The van der Waals surface area contributed by atoms with E-state index in [-0.39, 0.29) is 18.0 Å². The molecule has 9 heteroatoms. The minimum absolute atomic E-state index is 0.0104. The lowest BCUT2D eigenvalue weighted by molar-refractivity contribution is 0.243. The molecule has 0 bridgehead atoms. The molecule has 2 atom stereocenters. The molecule has 1 aliphatic rings. The Balaban J connectivity index is 1.51. The molecular formula is C22H23ClN6O2. The minimum Gasteiger partial charge on any atom is -0.495 e. The first kappa shape index (κ1) is 20.9. The van der Waals surface area contributed by atoms with E-state index in [4.69, 9.17) is 16.3 Å². The van der Waals surface area contributed by atoms with Crippen LogP contribution < -0.4 is 20.3 Å². The highest BCUT2D eigenvalue weighted by molar-refractivity contribution is 6.30. The minimum atomic E-state index is -0.259. The fourth-order valence-electron chi connectivity index (χ4n) is 3.73. The molecule has 1 aromatic carbocycles. The number of benzene rings is 1. The van der Waals surface area contributed by atoms with E-state index in [9.17, 15) is 4.79 Å². The van der Waals surface area contributed by atoms with Crippen molar-refractivity contribution >= 4 is 29.0 Å². The third-order valence-corrected chi connectivity index (χ3v) is 5.59. The molecule has 1 saturated heterocycles. The van der Waals surface area contributed by atoms with Gasteiger partial charge in [-0.05, 0) is 48.9 Å².